The zero-order valence-electron chi connectivity index (χ0n) is 11.6. The van der Waals surface area contributed by atoms with Crippen LogP contribution in [0.25, 0.3) is 0 Å². The summed E-state index contributed by atoms with van der Waals surface area (Å²) in [5.41, 5.74) is 5.50. The van der Waals surface area contributed by atoms with Gasteiger partial charge in [0, 0.05) is 24.9 Å². The summed E-state index contributed by atoms with van der Waals surface area (Å²) in [5, 5.41) is 0.712. The molecule has 0 aliphatic carbocycles. The third kappa shape index (κ3) is 3.73. The lowest BCUT2D eigenvalue weighted by molar-refractivity contribution is 0.182. The van der Waals surface area contributed by atoms with E-state index in [1.165, 1.54) is 31.9 Å². The lowest BCUT2D eigenvalue weighted by atomic mass is 10.0. The molecule has 0 aromatic carbocycles. The molecule has 1 fully saturated rings. The molecule has 1 aliphatic heterocycles. The summed E-state index contributed by atoms with van der Waals surface area (Å²) in [6.07, 6.45) is 5.05. The summed E-state index contributed by atoms with van der Waals surface area (Å²) in [5.74, 6) is 1.44. The van der Waals surface area contributed by atoms with Gasteiger partial charge in [-0.15, -0.1) is 0 Å². The van der Waals surface area contributed by atoms with Crippen molar-refractivity contribution < 1.29 is 0 Å². The zero-order valence-corrected chi connectivity index (χ0v) is 12.4. The van der Waals surface area contributed by atoms with Crippen molar-refractivity contribution in [3.8, 4) is 0 Å². The van der Waals surface area contributed by atoms with Crippen LogP contribution < -0.4 is 11.3 Å². The standard InChI is InChI=1S/C13H22N4OS/c1-16-7-4-3-5-10(16)6-8-19-13-15-12(18)9-11(14)17(13)2/h9-10H,3-8,14H2,1-2H3. The third-order valence-electron chi connectivity index (χ3n) is 3.76. The summed E-state index contributed by atoms with van der Waals surface area (Å²) in [7, 11) is 4.04. The topological polar surface area (TPSA) is 64.2 Å². The summed E-state index contributed by atoms with van der Waals surface area (Å²) >= 11 is 1.62. The number of aromatic nitrogens is 2. The van der Waals surface area contributed by atoms with E-state index in [0.29, 0.717) is 17.0 Å². The first-order valence-corrected chi connectivity index (χ1v) is 7.73. The van der Waals surface area contributed by atoms with E-state index in [2.05, 4.69) is 16.9 Å². The van der Waals surface area contributed by atoms with Gasteiger partial charge in [-0.2, -0.15) is 4.98 Å². The lowest BCUT2D eigenvalue weighted by Crippen LogP contribution is -2.36. The molecule has 0 bridgehead atoms. The van der Waals surface area contributed by atoms with E-state index in [0.717, 1.165) is 12.2 Å². The van der Waals surface area contributed by atoms with E-state index in [1.54, 1.807) is 16.3 Å². The molecule has 2 N–H and O–H groups in total. The van der Waals surface area contributed by atoms with Crippen molar-refractivity contribution in [2.24, 2.45) is 7.05 Å². The maximum Gasteiger partial charge on any atom is 0.275 e. The maximum absolute atomic E-state index is 11.4. The van der Waals surface area contributed by atoms with Crippen LogP contribution in [0.15, 0.2) is 16.0 Å². The number of rotatable bonds is 4. The second-order valence-electron chi connectivity index (χ2n) is 5.13. The number of nitrogens with two attached hydrogens (primary N) is 1. The Morgan fingerprint density at radius 2 is 2.26 bits per heavy atom. The molecule has 1 unspecified atom stereocenters. The first kappa shape index (κ1) is 14.4. The monoisotopic (exact) mass is 282 g/mol. The average molecular weight is 282 g/mol. The van der Waals surface area contributed by atoms with Crippen molar-refractivity contribution in [1.29, 1.82) is 0 Å². The molecule has 2 heterocycles. The van der Waals surface area contributed by atoms with Crippen molar-refractivity contribution in [2.45, 2.75) is 36.9 Å². The fourth-order valence-corrected chi connectivity index (χ4v) is 3.49. The predicted octanol–water partition coefficient (Wildman–Crippen LogP) is 1.33. The molecule has 106 valence electrons. The summed E-state index contributed by atoms with van der Waals surface area (Å²) in [4.78, 5) is 17.8. The minimum atomic E-state index is -0.257. The van der Waals surface area contributed by atoms with Gasteiger partial charge in [0.1, 0.15) is 5.82 Å². The normalized spacial score (nSPS) is 20.6. The Labute approximate surface area is 118 Å². The highest BCUT2D eigenvalue weighted by atomic mass is 32.2. The number of thioether (sulfide) groups is 1. The second-order valence-corrected chi connectivity index (χ2v) is 6.19. The van der Waals surface area contributed by atoms with Gasteiger partial charge in [-0.3, -0.25) is 4.79 Å². The Morgan fingerprint density at radius 1 is 1.47 bits per heavy atom. The zero-order chi connectivity index (χ0) is 13.8. The number of anilines is 1. The van der Waals surface area contributed by atoms with E-state index in [1.807, 2.05) is 7.05 Å². The Hall–Kier alpha value is -1.01. The van der Waals surface area contributed by atoms with Crippen LogP contribution in [0.4, 0.5) is 5.82 Å². The van der Waals surface area contributed by atoms with E-state index in [-0.39, 0.29) is 5.56 Å². The molecule has 1 atom stereocenters. The second kappa shape index (κ2) is 6.43. The molecular formula is C13H22N4OS. The van der Waals surface area contributed by atoms with Crippen molar-refractivity contribution in [3.63, 3.8) is 0 Å². The highest BCUT2D eigenvalue weighted by Crippen LogP contribution is 2.22. The molecule has 0 amide bonds. The molecule has 2 rings (SSSR count). The highest BCUT2D eigenvalue weighted by molar-refractivity contribution is 7.99. The minimum Gasteiger partial charge on any atom is -0.385 e. The molecule has 1 aromatic heterocycles. The van der Waals surface area contributed by atoms with Crippen molar-refractivity contribution in [1.82, 2.24) is 14.5 Å². The number of nitrogens with zero attached hydrogens (tertiary/aromatic N) is 3. The first-order chi connectivity index (χ1) is 9.08. The smallest absolute Gasteiger partial charge is 0.275 e. The average Bonchev–Trinajstić information content (AvgIpc) is 2.37. The SMILES string of the molecule is CN1CCCCC1CCSc1nc(=O)cc(N)n1C. The third-order valence-corrected chi connectivity index (χ3v) is 4.82. The Balaban J connectivity index is 1.90. The number of piperidine rings is 1. The van der Waals surface area contributed by atoms with Gasteiger partial charge in [-0.25, -0.2) is 0 Å². The Kier molecular flexibility index (Phi) is 4.87. The molecule has 0 saturated carbocycles. The molecule has 6 heteroatoms. The van der Waals surface area contributed by atoms with Crippen LogP contribution in [-0.4, -0.2) is 39.8 Å². The number of hydrogen-bond acceptors (Lipinski definition) is 5. The Morgan fingerprint density at radius 3 is 3.00 bits per heavy atom. The number of likely N-dealkylation sites (tertiary alicyclic amines) is 1. The van der Waals surface area contributed by atoms with Crippen LogP contribution in [0.5, 0.6) is 0 Å². The van der Waals surface area contributed by atoms with Gasteiger partial charge in [0.05, 0.1) is 0 Å². The van der Waals surface area contributed by atoms with E-state index in [9.17, 15) is 4.79 Å². The van der Waals surface area contributed by atoms with E-state index in [4.69, 9.17) is 5.73 Å². The minimum absolute atomic E-state index is 0.257. The van der Waals surface area contributed by atoms with Gasteiger partial charge >= 0.3 is 0 Å². The first-order valence-electron chi connectivity index (χ1n) is 6.74. The van der Waals surface area contributed by atoms with Gasteiger partial charge in [-0.1, -0.05) is 18.2 Å². The van der Waals surface area contributed by atoms with Crippen molar-refractivity contribution in [2.75, 3.05) is 25.1 Å². The van der Waals surface area contributed by atoms with E-state index < -0.39 is 0 Å². The Bertz CT molecular complexity index is 488. The molecule has 0 radical (unpaired) electrons. The molecule has 1 aliphatic rings. The number of nitrogen functional groups attached to an aromatic ring is 1. The molecule has 0 spiro atoms. The van der Waals surface area contributed by atoms with E-state index >= 15 is 0 Å². The van der Waals surface area contributed by atoms with Crippen molar-refractivity contribution in [3.05, 3.63) is 16.4 Å². The van der Waals surface area contributed by atoms with Gasteiger partial charge in [-0.05, 0) is 32.9 Å². The fourth-order valence-electron chi connectivity index (χ4n) is 2.46. The largest absolute Gasteiger partial charge is 0.385 e. The van der Waals surface area contributed by atoms with Gasteiger partial charge in [0.2, 0.25) is 0 Å². The van der Waals surface area contributed by atoms with Gasteiger partial charge in [0.15, 0.2) is 5.16 Å². The lowest BCUT2D eigenvalue weighted by Gasteiger charge is -2.32. The molecule has 1 aromatic rings. The fraction of sp³-hybridized carbons (Fsp3) is 0.692. The van der Waals surface area contributed by atoms with Crippen LogP contribution in [0.3, 0.4) is 0 Å². The van der Waals surface area contributed by atoms with Crippen LogP contribution >= 0.6 is 11.8 Å². The number of hydrogen-bond donors (Lipinski definition) is 1. The molecular weight excluding hydrogens is 260 g/mol. The molecule has 19 heavy (non-hydrogen) atoms. The maximum atomic E-state index is 11.4. The summed E-state index contributed by atoms with van der Waals surface area (Å²) in [6.45, 7) is 1.20. The van der Waals surface area contributed by atoms with Crippen LogP contribution in [0.1, 0.15) is 25.7 Å². The van der Waals surface area contributed by atoms with Gasteiger partial charge < -0.3 is 15.2 Å². The van der Waals surface area contributed by atoms with Crippen LogP contribution in [-0.2, 0) is 7.05 Å². The predicted molar refractivity (Wildman–Crippen MR) is 79.5 cm³/mol. The molecule has 5 nitrogen and oxygen atoms in total. The molecule has 1 saturated heterocycles. The summed E-state index contributed by atoms with van der Waals surface area (Å²) in [6, 6.07) is 2.03. The van der Waals surface area contributed by atoms with Crippen LogP contribution in [0.2, 0.25) is 0 Å². The summed E-state index contributed by atoms with van der Waals surface area (Å²) < 4.78 is 1.77. The van der Waals surface area contributed by atoms with Crippen molar-refractivity contribution >= 4 is 17.6 Å². The highest BCUT2D eigenvalue weighted by Gasteiger charge is 2.18. The van der Waals surface area contributed by atoms with Gasteiger partial charge in [0.25, 0.3) is 5.56 Å². The quantitative estimate of drug-likeness (QED) is 0.667. The van der Waals surface area contributed by atoms with Crippen LogP contribution in [0, 0.1) is 0 Å².